The van der Waals surface area contributed by atoms with E-state index in [0.717, 1.165) is 58.4 Å². The lowest BCUT2D eigenvalue weighted by Crippen LogP contribution is -2.56. The first-order valence-corrected chi connectivity index (χ1v) is 14.7. The Labute approximate surface area is 242 Å². The van der Waals surface area contributed by atoms with Crippen molar-refractivity contribution in [2.45, 2.75) is 58.5 Å². The molecule has 4 aliphatic heterocycles. The Hall–Kier alpha value is -3.34. The number of urea groups is 1. The zero-order valence-electron chi connectivity index (χ0n) is 24.7. The normalized spacial score (nSPS) is 21.9. The molecule has 0 unspecified atom stereocenters. The zero-order valence-corrected chi connectivity index (χ0v) is 24.7. The fraction of sp³-hybridized carbons (Fsp3) is 0.667. The molecule has 5 rings (SSSR count). The quantitative estimate of drug-likeness (QED) is 0.579. The number of piperidine rings is 2. The van der Waals surface area contributed by atoms with Crippen LogP contribution >= 0.6 is 0 Å². The predicted molar refractivity (Wildman–Crippen MR) is 153 cm³/mol. The summed E-state index contributed by atoms with van der Waals surface area (Å²) in [5, 5.41) is 2.33. The highest BCUT2D eigenvalue weighted by Crippen LogP contribution is 2.42. The molecule has 0 saturated carbocycles. The third kappa shape index (κ3) is 6.60. The first kappa shape index (κ1) is 29.2. The number of ether oxygens (including phenoxy) is 2. The molecule has 0 atom stereocenters. The Morgan fingerprint density at radius 2 is 1.63 bits per heavy atom. The van der Waals surface area contributed by atoms with E-state index in [2.05, 4.69) is 10.2 Å². The van der Waals surface area contributed by atoms with Crippen molar-refractivity contribution >= 4 is 29.6 Å². The van der Waals surface area contributed by atoms with Gasteiger partial charge in [-0.25, -0.2) is 9.59 Å². The van der Waals surface area contributed by atoms with Crippen LogP contribution in [0.15, 0.2) is 18.2 Å². The minimum atomic E-state index is -0.506. The molecule has 4 fully saturated rings. The minimum absolute atomic E-state index is 0.0470. The van der Waals surface area contributed by atoms with Gasteiger partial charge in [0.15, 0.2) is 0 Å². The Morgan fingerprint density at radius 3 is 2.24 bits per heavy atom. The van der Waals surface area contributed by atoms with E-state index in [1.54, 1.807) is 23.1 Å². The van der Waals surface area contributed by atoms with Gasteiger partial charge < -0.3 is 24.2 Å². The highest BCUT2D eigenvalue weighted by Gasteiger charge is 2.41. The SMILES string of the molecule is COc1ccc(C(=O)N2CCC3(CCN(CC4CN(C(=O)OC(C)(C)C)C4)CC3)CC2)cc1N1CCC(=O)NC1=O. The number of carbonyl (C=O) groups excluding carboxylic acids is 4. The summed E-state index contributed by atoms with van der Waals surface area (Å²) in [7, 11) is 1.52. The molecule has 1 aromatic rings. The van der Waals surface area contributed by atoms with Gasteiger partial charge in [0.25, 0.3) is 5.91 Å². The molecule has 0 aliphatic carbocycles. The number of anilines is 1. The Bertz CT molecular complexity index is 1170. The molecule has 11 nitrogen and oxygen atoms in total. The van der Waals surface area contributed by atoms with E-state index in [4.69, 9.17) is 9.47 Å². The Morgan fingerprint density at radius 1 is 0.976 bits per heavy atom. The number of methoxy groups -OCH3 is 1. The van der Waals surface area contributed by atoms with E-state index in [0.29, 0.717) is 36.0 Å². The van der Waals surface area contributed by atoms with Crippen LogP contribution in [0.5, 0.6) is 5.75 Å². The van der Waals surface area contributed by atoms with Crippen LogP contribution in [0.3, 0.4) is 0 Å². The highest BCUT2D eigenvalue weighted by molar-refractivity contribution is 6.07. The second-order valence-corrected chi connectivity index (χ2v) is 13.0. The third-order valence-electron chi connectivity index (χ3n) is 8.92. The van der Waals surface area contributed by atoms with Crippen LogP contribution in [-0.4, -0.2) is 104 Å². The summed E-state index contributed by atoms with van der Waals surface area (Å²) in [6.07, 6.45) is 4.22. The van der Waals surface area contributed by atoms with Crippen molar-refractivity contribution < 1.29 is 28.7 Å². The van der Waals surface area contributed by atoms with Gasteiger partial charge in [0.1, 0.15) is 11.4 Å². The molecule has 224 valence electrons. The second-order valence-electron chi connectivity index (χ2n) is 13.0. The number of imide groups is 1. The molecular formula is C30H43N5O6. The number of amides is 5. The summed E-state index contributed by atoms with van der Waals surface area (Å²) in [6, 6.07) is 4.64. The average molecular weight is 570 g/mol. The van der Waals surface area contributed by atoms with Crippen LogP contribution in [0.4, 0.5) is 15.3 Å². The topological polar surface area (TPSA) is 112 Å². The lowest BCUT2D eigenvalue weighted by Gasteiger charge is -2.48. The number of hydrogen-bond acceptors (Lipinski definition) is 7. The summed E-state index contributed by atoms with van der Waals surface area (Å²) in [4.78, 5) is 57.4. The number of nitrogens with one attached hydrogen (secondary N) is 1. The summed E-state index contributed by atoms with van der Waals surface area (Å²) in [5.74, 6) is 0.629. The zero-order chi connectivity index (χ0) is 29.4. The van der Waals surface area contributed by atoms with Gasteiger partial charge in [-0.1, -0.05) is 0 Å². The van der Waals surface area contributed by atoms with Crippen molar-refractivity contribution in [2.24, 2.45) is 11.3 Å². The first-order valence-electron chi connectivity index (χ1n) is 14.7. The van der Waals surface area contributed by atoms with Crippen LogP contribution in [0.25, 0.3) is 0 Å². The number of rotatable bonds is 5. The maximum Gasteiger partial charge on any atom is 0.410 e. The maximum absolute atomic E-state index is 13.5. The van der Waals surface area contributed by atoms with Crippen LogP contribution in [0.1, 0.15) is 63.2 Å². The van der Waals surface area contributed by atoms with E-state index in [1.807, 2.05) is 25.7 Å². The third-order valence-corrected chi connectivity index (χ3v) is 8.92. The smallest absolute Gasteiger partial charge is 0.410 e. The summed E-state index contributed by atoms with van der Waals surface area (Å²) in [6.45, 7) is 12.0. The molecule has 0 radical (unpaired) electrons. The van der Waals surface area contributed by atoms with Crippen molar-refractivity contribution in [3.8, 4) is 5.75 Å². The molecule has 11 heteroatoms. The molecule has 5 amide bonds. The molecule has 1 spiro atoms. The average Bonchev–Trinajstić information content (AvgIpc) is 2.90. The van der Waals surface area contributed by atoms with Crippen molar-refractivity contribution in [3.05, 3.63) is 23.8 Å². The predicted octanol–water partition coefficient (Wildman–Crippen LogP) is 3.33. The van der Waals surface area contributed by atoms with Crippen LogP contribution in [0.2, 0.25) is 0 Å². The molecular weight excluding hydrogens is 526 g/mol. The highest BCUT2D eigenvalue weighted by atomic mass is 16.6. The van der Waals surface area contributed by atoms with Crippen LogP contribution < -0.4 is 15.0 Å². The van der Waals surface area contributed by atoms with E-state index in [1.165, 1.54) is 12.0 Å². The van der Waals surface area contributed by atoms with Gasteiger partial charge in [0.05, 0.1) is 12.8 Å². The largest absolute Gasteiger partial charge is 0.495 e. The van der Waals surface area contributed by atoms with Gasteiger partial charge in [-0.05, 0) is 83.2 Å². The van der Waals surface area contributed by atoms with Crippen molar-refractivity contribution in [2.75, 3.05) is 64.4 Å². The molecule has 1 N–H and O–H groups in total. The monoisotopic (exact) mass is 569 g/mol. The Kier molecular flexibility index (Phi) is 8.18. The molecule has 4 heterocycles. The fourth-order valence-electron chi connectivity index (χ4n) is 6.43. The lowest BCUT2D eigenvalue weighted by molar-refractivity contribution is -0.120. The van der Waals surface area contributed by atoms with E-state index < -0.39 is 11.6 Å². The van der Waals surface area contributed by atoms with Gasteiger partial charge in [-0.3, -0.25) is 19.8 Å². The lowest BCUT2D eigenvalue weighted by atomic mass is 9.71. The van der Waals surface area contributed by atoms with Crippen LogP contribution in [0, 0.1) is 11.3 Å². The number of hydrogen-bond donors (Lipinski definition) is 1. The number of nitrogens with zero attached hydrogens (tertiary/aromatic N) is 4. The molecule has 41 heavy (non-hydrogen) atoms. The molecule has 0 aromatic heterocycles. The fourth-order valence-corrected chi connectivity index (χ4v) is 6.43. The molecule has 0 bridgehead atoms. The summed E-state index contributed by atoms with van der Waals surface area (Å²) in [5.41, 5.74) is 0.815. The van der Waals surface area contributed by atoms with Crippen molar-refractivity contribution in [1.29, 1.82) is 0 Å². The molecule has 4 aliphatic rings. The standard InChI is InChI=1S/C30H43N5O6/c1-29(2,3)41-28(39)34-19-21(20-34)18-32-13-8-30(9-14-32)10-15-33(16-11-30)26(37)22-5-6-24(40-4)23(17-22)35-12-7-25(36)31-27(35)38/h5-6,17,21H,7-16,18-20H2,1-4H3,(H,31,36,38). The number of likely N-dealkylation sites (tertiary alicyclic amines) is 3. The van der Waals surface area contributed by atoms with Crippen LogP contribution in [-0.2, 0) is 9.53 Å². The van der Waals surface area contributed by atoms with Crippen molar-refractivity contribution in [3.63, 3.8) is 0 Å². The number of carbonyl (C=O) groups is 4. The molecule has 1 aromatic carbocycles. The molecule has 4 saturated heterocycles. The van der Waals surface area contributed by atoms with E-state index >= 15 is 0 Å². The minimum Gasteiger partial charge on any atom is -0.495 e. The summed E-state index contributed by atoms with van der Waals surface area (Å²) < 4.78 is 10.9. The summed E-state index contributed by atoms with van der Waals surface area (Å²) >= 11 is 0. The van der Waals surface area contributed by atoms with E-state index in [9.17, 15) is 19.2 Å². The Balaban J connectivity index is 1.10. The van der Waals surface area contributed by atoms with Gasteiger partial charge in [0.2, 0.25) is 5.91 Å². The van der Waals surface area contributed by atoms with E-state index in [-0.39, 0.29) is 36.3 Å². The van der Waals surface area contributed by atoms with Gasteiger partial charge in [0, 0.05) is 57.2 Å². The second kappa shape index (κ2) is 11.5. The maximum atomic E-state index is 13.5. The van der Waals surface area contributed by atoms with Gasteiger partial charge >= 0.3 is 12.1 Å². The number of benzene rings is 1. The van der Waals surface area contributed by atoms with Gasteiger partial charge in [-0.15, -0.1) is 0 Å². The van der Waals surface area contributed by atoms with Gasteiger partial charge in [-0.2, -0.15) is 0 Å². The first-order chi connectivity index (χ1) is 19.4. The van der Waals surface area contributed by atoms with Crippen molar-refractivity contribution in [1.82, 2.24) is 20.0 Å².